The minimum atomic E-state index is -0.413. The number of pyridine rings is 1. The summed E-state index contributed by atoms with van der Waals surface area (Å²) in [6.45, 7) is 11.7. The van der Waals surface area contributed by atoms with E-state index in [-0.39, 0.29) is 6.61 Å². The summed E-state index contributed by atoms with van der Waals surface area (Å²) in [5.41, 5.74) is 2.99. The number of ether oxygens (including phenoxy) is 1. The molecule has 0 atom stereocenters. The van der Waals surface area contributed by atoms with Gasteiger partial charge in [0.15, 0.2) is 0 Å². The first-order valence-electron chi connectivity index (χ1n) is 14.4. The highest BCUT2D eigenvalue weighted by Crippen LogP contribution is 2.30. The van der Waals surface area contributed by atoms with Crippen molar-refractivity contribution in [1.82, 2.24) is 29.9 Å². The van der Waals surface area contributed by atoms with E-state index < -0.39 is 5.82 Å². The molecular weight excluding hydrogens is 557 g/mol. The second-order valence-electron chi connectivity index (χ2n) is 10.3. The second-order valence-corrected chi connectivity index (χ2v) is 10.7. The number of rotatable bonds is 13. The van der Waals surface area contributed by atoms with Gasteiger partial charge in [-0.3, -0.25) is 14.8 Å². The van der Waals surface area contributed by atoms with E-state index in [1.165, 1.54) is 18.2 Å². The van der Waals surface area contributed by atoms with Gasteiger partial charge in [0.2, 0.25) is 0 Å². The lowest BCUT2D eigenvalue weighted by molar-refractivity contribution is 0.104. The van der Waals surface area contributed by atoms with Crippen molar-refractivity contribution in [2.75, 3.05) is 77.4 Å². The van der Waals surface area contributed by atoms with Crippen LogP contribution in [0.15, 0.2) is 60.9 Å². The molecule has 5 rings (SSSR count). The van der Waals surface area contributed by atoms with Gasteiger partial charge in [0.05, 0.1) is 29.7 Å². The fourth-order valence-electron chi connectivity index (χ4n) is 5.12. The zero-order chi connectivity index (χ0) is 29.3. The smallest absolute Gasteiger partial charge is 0.132 e. The van der Waals surface area contributed by atoms with Crippen molar-refractivity contribution in [3.63, 3.8) is 0 Å². The normalized spacial score (nSPS) is 14.5. The van der Waals surface area contributed by atoms with Crippen molar-refractivity contribution >= 4 is 33.9 Å². The molecule has 0 unspecified atom stereocenters. The predicted octanol–water partition coefficient (Wildman–Crippen LogP) is 4.54. The van der Waals surface area contributed by atoms with Crippen molar-refractivity contribution in [1.29, 1.82) is 0 Å². The van der Waals surface area contributed by atoms with E-state index in [1.807, 2.05) is 24.3 Å². The number of aromatic nitrogens is 3. The van der Waals surface area contributed by atoms with Crippen molar-refractivity contribution in [3.8, 4) is 17.0 Å². The summed E-state index contributed by atoms with van der Waals surface area (Å²) in [5.74, 6) is 0.363. The Kier molecular flexibility index (Phi) is 10.5. The standard InChI is InChI=1S/C31H37ClFN7O2/c1-2-38(15-17-41)9-10-39-11-13-40(14-12-39)16-18-42-25-4-5-26-29(7-8-34-30(26)21-25)36-24-20-31(37-35-22-24)27-19-23(32)3-6-28(27)33/h3-8,19-22,41H,2,9-18H2,1H3,(H,34,36,37). The highest BCUT2D eigenvalue weighted by Gasteiger charge is 2.17. The minimum Gasteiger partial charge on any atom is -0.492 e. The molecule has 0 radical (unpaired) electrons. The number of likely N-dealkylation sites (N-methyl/N-ethyl adjacent to an activating group) is 1. The molecule has 4 aromatic rings. The summed E-state index contributed by atoms with van der Waals surface area (Å²) in [6.07, 6.45) is 3.33. The van der Waals surface area contributed by atoms with E-state index in [2.05, 4.69) is 42.1 Å². The van der Waals surface area contributed by atoms with Crippen molar-refractivity contribution in [2.24, 2.45) is 0 Å². The maximum Gasteiger partial charge on any atom is 0.132 e. The van der Waals surface area contributed by atoms with Crippen LogP contribution in [-0.4, -0.2) is 107 Å². The number of aliphatic hydroxyl groups is 1. The third-order valence-electron chi connectivity index (χ3n) is 7.59. The molecule has 1 aliphatic heterocycles. The molecule has 3 heterocycles. The van der Waals surface area contributed by atoms with Crippen LogP contribution >= 0.6 is 11.6 Å². The number of benzene rings is 2. The molecule has 9 nitrogen and oxygen atoms in total. The third-order valence-corrected chi connectivity index (χ3v) is 7.82. The third kappa shape index (κ3) is 7.90. The van der Waals surface area contributed by atoms with E-state index in [1.54, 1.807) is 18.5 Å². The van der Waals surface area contributed by atoms with Crippen LogP contribution < -0.4 is 10.1 Å². The first kappa shape index (κ1) is 30.1. The van der Waals surface area contributed by atoms with Gasteiger partial charge in [-0.1, -0.05) is 18.5 Å². The Labute approximate surface area is 250 Å². The number of hydrogen-bond donors (Lipinski definition) is 2. The van der Waals surface area contributed by atoms with E-state index >= 15 is 0 Å². The molecule has 2 aromatic carbocycles. The van der Waals surface area contributed by atoms with Gasteiger partial charge in [-0.2, -0.15) is 10.2 Å². The highest BCUT2D eigenvalue weighted by molar-refractivity contribution is 6.30. The summed E-state index contributed by atoms with van der Waals surface area (Å²) in [5, 5.41) is 22.0. The fraction of sp³-hybridized carbons (Fsp3) is 0.387. The number of fused-ring (bicyclic) bond motifs is 1. The number of halogens is 2. The second kappa shape index (κ2) is 14.7. The Balaban J connectivity index is 1.14. The summed E-state index contributed by atoms with van der Waals surface area (Å²) in [4.78, 5) is 11.8. The maximum atomic E-state index is 14.4. The van der Waals surface area contributed by atoms with Crippen molar-refractivity contribution in [3.05, 3.63) is 71.8 Å². The maximum absolute atomic E-state index is 14.4. The number of aliphatic hydroxyl groups excluding tert-OH is 1. The van der Waals surface area contributed by atoms with Crippen LogP contribution in [0.2, 0.25) is 5.02 Å². The van der Waals surface area contributed by atoms with Gasteiger partial charge in [-0.25, -0.2) is 4.39 Å². The average molecular weight is 594 g/mol. The predicted molar refractivity (Wildman–Crippen MR) is 165 cm³/mol. The van der Waals surface area contributed by atoms with E-state index in [4.69, 9.17) is 16.3 Å². The van der Waals surface area contributed by atoms with Gasteiger partial charge in [-0.05, 0) is 49.0 Å². The lowest BCUT2D eigenvalue weighted by Crippen LogP contribution is -2.49. The van der Waals surface area contributed by atoms with Crippen LogP contribution in [0.5, 0.6) is 5.75 Å². The molecule has 0 amide bonds. The van der Waals surface area contributed by atoms with Gasteiger partial charge in [-0.15, -0.1) is 0 Å². The number of hydrogen-bond acceptors (Lipinski definition) is 9. The summed E-state index contributed by atoms with van der Waals surface area (Å²) in [6, 6.07) is 13.9. The number of anilines is 2. The van der Waals surface area contributed by atoms with E-state index in [9.17, 15) is 9.50 Å². The van der Waals surface area contributed by atoms with Gasteiger partial charge < -0.3 is 20.1 Å². The molecule has 0 bridgehead atoms. The molecule has 2 aromatic heterocycles. The number of nitrogens with zero attached hydrogens (tertiary/aromatic N) is 6. The summed E-state index contributed by atoms with van der Waals surface area (Å²) >= 11 is 6.06. The molecular formula is C31H37ClFN7O2. The monoisotopic (exact) mass is 593 g/mol. The Morgan fingerprint density at radius 3 is 2.62 bits per heavy atom. The number of piperazine rings is 1. The van der Waals surface area contributed by atoms with Gasteiger partial charge in [0.25, 0.3) is 0 Å². The molecule has 0 aliphatic carbocycles. The molecule has 222 valence electrons. The largest absolute Gasteiger partial charge is 0.492 e. The Hall–Kier alpha value is -3.41. The molecule has 42 heavy (non-hydrogen) atoms. The quantitative estimate of drug-likeness (QED) is 0.232. The molecule has 11 heteroatoms. The fourth-order valence-corrected chi connectivity index (χ4v) is 5.30. The van der Waals surface area contributed by atoms with E-state index in [0.29, 0.717) is 28.6 Å². The zero-order valence-corrected chi connectivity index (χ0v) is 24.6. The van der Waals surface area contributed by atoms with Crippen LogP contribution in [-0.2, 0) is 0 Å². The molecule has 0 spiro atoms. The molecule has 1 saturated heterocycles. The zero-order valence-electron chi connectivity index (χ0n) is 23.8. The first-order chi connectivity index (χ1) is 20.5. The highest BCUT2D eigenvalue weighted by atomic mass is 35.5. The summed E-state index contributed by atoms with van der Waals surface area (Å²) in [7, 11) is 0. The van der Waals surface area contributed by atoms with E-state index in [0.717, 1.165) is 81.2 Å². The average Bonchev–Trinajstić information content (AvgIpc) is 3.01. The van der Waals surface area contributed by atoms with Crippen molar-refractivity contribution in [2.45, 2.75) is 6.92 Å². The van der Waals surface area contributed by atoms with Gasteiger partial charge in [0, 0.05) is 86.3 Å². The van der Waals surface area contributed by atoms with Crippen LogP contribution in [0.25, 0.3) is 22.2 Å². The van der Waals surface area contributed by atoms with Crippen LogP contribution in [0, 0.1) is 5.82 Å². The van der Waals surface area contributed by atoms with Crippen molar-refractivity contribution < 1.29 is 14.2 Å². The Bertz CT molecular complexity index is 1470. The lowest BCUT2D eigenvalue weighted by Gasteiger charge is -2.35. The molecule has 1 fully saturated rings. The first-order valence-corrected chi connectivity index (χ1v) is 14.7. The van der Waals surface area contributed by atoms with Crippen LogP contribution in [0.1, 0.15) is 6.92 Å². The van der Waals surface area contributed by atoms with Gasteiger partial charge in [0.1, 0.15) is 18.2 Å². The SMILES string of the molecule is CCN(CCO)CCN1CCN(CCOc2ccc3c(Nc4cnnc(-c5cc(Cl)ccc5F)c4)ccnc3c2)CC1. The Morgan fingerprint density at radius 1 is 1.02 bits per heavy atom. The molecule has 1 aliphatic rings. The molecule has 2 N–H and O–H groups in total. The minimum absolute atomic E-state index is 0.214. The Morgan fingerprint density at radius 2 is 1.83 bits per heavy atom. The number of nitrogens with one attached hydrogen (secondary N) is 1. The van der Waals surface area contributed by atoms with Crippen LogP contribution in [0.3, 0.4) is 0 Å². The lowest BCUT2D eigenvalue weighted by atomic mass is 10.1. The topological polar surface area (TPSA) is 89.9 Å². The van der Waals surface area contributed by atoms with Gasteiger partial charge >= 0.3 is 0 Å². The summed E-state index contributed by atoms with van der Waals surface area (Å²) < 4.78 is 20.5. The van der Waals surface area contributed by atoms with Crippen LogP contribution in [0.4, 0.5) is 15.8 Å². The molecule has 0 saturated carbocycles.